The number of aromatic nitrogens is 2. The topological polar surface area (TPSA) is 58.4 Å². The van der Waals surface area contributed by atoms with E-state index in [1.807, 2.05) is 37.4 Å². The molecule has 1 unspecified atom stereocenters. The van der Waals surface area contributed by atoms with E-state index in [0.29, 0.717) is 0 Å². The lowest BCUT2D eigenvalue weighted by Crippen LogP contribution is -2.29. The van der Waals surface area contributed by atoms with Crippen molar-refractivity contribution in [1.82, 2.24) is 14.7 Å². The van der Waals surface area contributed by atoms with Crippen molar-refractivity contribution >= 4 is 5.97 Å². The van der Waals surface area contributed by atoms with E-state index in [0.717, 1.165) is 23.5 Å². The standard InChI is InChI=1S/C12H21N3O2/c1-6-15-10(4)12(8(2)13-15)9(3)14(5)7-11(16)17/h9H,6-7H2,1-5H3,(H,16,17). The SMILES string of the molecule is CCn1nc(C)c(C(C)N(C)CC(=O)O)c1C. The van der Waals surface area contributed by atoms with Gasteiger partial charge in [-0.15, -0.1) is 0 Å². The van der Waals surface area contributed by atoms with Crippen molar-refractivity contribution in [2.75, 3.05) is 13.6 Å². The zero-order valence-electron chi connectivity index (χ0n) is 11.2. The van der Waals surface area contributed by atoms with Gasteiger partial charge in [0.25, 0.3) is 0 Å². The molecule has 0 aliphatic heterocycles. The third kappa shape index (κ3) is 2.85. The normalized spacial score (nSPS) is 13.1. The molecule has 1 heterocycles. The van der Waals surface area contributed by atoms with Crippen molar-refractivity contribution in [3.63, 3.8) is 0 Å². The summed E-state index contributed by atoms with van der Waals surface area (Å²) >= 11 is 0. The average Bonchev–Trinajstić information content (AvgIpc) is 2.51. The summed E-state index contributed by atoms with van der Waals surface area (Å²) in [5, 5.41) is 13.3. The summed E-state index contributed by atoms with van der Waals surface area (Å²) in [6.45, 7) is 8.94. The monoisotopic (exact) mass is 239 g/mol. The first kappa shape index (κ1) is 13.7. The predicted molar refractivity (Wildman–Crippen MR) is 66.1 cm³/mol. The Morgan fingerprint density at radius 1 is 1.53 bits per heavy atom. The maximum atomic E-state index is 10.7. The Bertz CT molecular complexity index is 412. The van der Waals surface area contributed by atoms with Gasteiger partial charge in [0.2, 0.25) is 0 Å². The number of likely N-dealkylation sites (N-methyl/N-ethyl adjacent to an activating group) is 1. The van der Waals surface area contributed by atoms with E-state index >= 15 is 0 Å². The number of hydrogen-bond acceptors (Lipinski definition) is 3. The first-order chi connectivity index (χ1) is 7.88. The fourth-order valence-corrected chi connectivity index (χ4v) is 2.19. The Balaban J connectivity index is 2.99. The van der Waals surface area contributed by atoms with Crippen LogP contribution in [-0.4, -0.2) is 39.3 Å². The van der Waals surface area contributed by atoms with Crippen molar-refractivity contribution in [3.05, 3.63) is 17.0 Å². The molecule has 0 bridgehead atoms. The molecule has 5 heteroatoms. The molecule has 17 heavy (non-hydrogen) atoms. The molecule has 0 aliphatic carbocycles. The van der Waals surface area contributed by atoms with Crippen LogP contribution >= 0.6 is 0 Å². The third-order valence-electron chi connectivity index (χ3n) is 3.20. The van der Waals surface area contributed by atoms with Crippen LogP contribution in [0.4, 0.5) is 0 Å². The molecule has 1 N–H and O–H groups in total. The quantitative estimate of drug-likeness (QED) is 0.848. The summed E-state index contributed by atoms with van der Waals surface area (Å²) in [5.74, 6) is -0.808. The fourth-order valence-electron chi connectivity index (χ4n) is 2.19. The van der Waals surface area contributed by atoms with E-state index in [9.17, 15) is 4.79 Å². The second-order valence-corrected chi connectivity index (χ2v) is 4.39. The molecule has 0 radical (unpaired) electrons. The van der Waals surface area contributed by atoms with E-state index in [1.54, 1.807) is 0 Å². The number of aryl methyl sites for hydroxylation is 2. The van der Waals surface area contributed by atoms with E-state index in [2.05, 4.69) is 12.0 Å². The second kappa shape index (κ2) is 5.31. The maximum absolute atomic E-state index is 10.7. The highest BCUT2D eigenvalue weighted by atomic mass is 16.4. The Hall–Kier alpha value is -1.36. The fraction of sp³-hybridized carbons (Fsp3) is 0.667. The summed E-state index contributed by atoms with van der Waals surface area (Å²) in [7, 11) is 1.82. The number of hydrogen-bond donors (Lipinski definition) is 1. The molecule has 0 aliphatic rings. The highest BCUT2D eigenvalue weighted by Crippen LogP contribution is 2.25. The maximum Gasteiger partial charge on any atom is 0.317 e. The molecule has 1 rings (SSSR count). The molecular weight excluding hydrogens is 218 g/mol. The van der Waals surface area contributed by atoms with Crippen LogP contribution in [-0.2, 0) is 11.3 Å². The summed E-state index contributed by atoms with van der Waals surface area (Å²) < 4.78 is 1.95. The molecule has 5 nitrogen and oxygen atoms in total. The molecule has 0 saturated heterocycles. The van der Waals surface area contributed by atoms with Gasteiger partial charge in [-0.3, -0.25) is 14.4 Å². The first-order valence-electron chi connectivity index (χ1n) is 5.84. The van der Waals surface area contributed by atoms with Crippen molar-refractivity contribution in [1.29, 1.82) is 0 Å². The summed E-state index contributed by atoms with van der Waals surface area (Å²) in [5.41, 5.74) is 3.24. The minimum Gasteiger partial charge on any atom is -0.480 e. The number of nitrogens with zero attached hydrogens (tertiary/aromatic N) is 3. The summed E-state index contributed by atoms with van der Waals surface area (Å²) in [4.78, 5) is 12.5. The van der Waals surface area contributed by atoms with Crippen LogP contribution in [0.1, 0.15) is 36.8 Å². The lowest BCUT2D eigenvalue weighted by molar-refractivity contribution is -0.138. The van der Waals surface area contributed by atoms with Gasteiger partial charge in [0.15, 0.2) is 0 Å². The molecule has 0 saturated carbocycles. The minimum atomic E-state index is -0.808. The lowest BCUT2D eigenvalue weighted by Gasteiger charge is -2.23. The second-order valence-electron chi connectivity index (χ2n) is 4.39. The van der Waals surface area contributed by atoms with Crippen molar-refractivity contribution in [2.24, 2.45) is 0 Å². The zero-order valence-corrected chi connectivity index (χ0v) is 11.2. The Morgan fingerprint density at radius 2 is 2.12 bits per heavy atom. The van der Waals surface area contributed by atoms with Gasteiger partial charge in [0.1, 0.15) is 0 Å². The molecule has 0 amide bonds. The lowest BCUT2D eigenvalue weighted by atomic mass is 10.1. The Labute approximate surface area is 102 Å². The van der Waals surface area contributed by atoms with E-state index in [1.165, 1.54) is 0 Å². The van der Waals surface area contributed by atoms with Crippen LogP contribution in [0.15, 0.2) is 0 Å². The number of carboxylic acids is 1. The van der Waals surface area contributed by atoms with Gasteiger partial charge in [-0.05, 0) is 34.7 Å². The van der Waals surface area contributed by atoms with Crippen molar-refractivity contribution < 1.29 is 9.90 Å². The Morgan fingerprint density at radius 3 is 2.53 bits per heavy atom. The molecule has 0 spiro atoms. The third-order valence-corrected chi connectivity index (χ3v) is 3.20. The Kier molecular flexibility index (Phi) is 4.28. The van der Waals surface area contributed by atoms with Crippen molar-refractivity contribution in [3.8, 4) is 0 Å². The summed E-state index contributed by atoms with van der Waals surface area (Å²) in [6.07, 6.45) is 0. The minimum absolute atomic E-state index is 0.0390. The molecule has 0 fully saturated rings. The average molecular weight is 239 g/mol. The molecule has 1 aromatic heterocycles. The highest BCUT2D eigenvalue weighted by molar-refractivity contribution is 5.69. The summed E-state index contributed by atoms with van der Waals surface area (Å²) in [6, 6.07) is 0.0615. The molecule has 0 aromatic carbocycles. The molecule has 1 aromatic rings. The first-order valence-corrected chi connectivity index (χ1v) is 5.84. The van der Waals surface area contributed by atoms with E-state index < -0.39 is 5.97 Å². The van der Waals surface area contributed by atoms with Gasteiger partial charge >= 0.3 is 5.97 Å². The number of carboxylic acid groups (broad SMARTS) is 1. The van der Waals surface area contributed by atoms with Crippen LogP contribution in [0.3, 0.4) is 0 Å². The van der Waals surface area contributed by atoms with Gasteiger partial charge in [-0.2, -0.15) is 5.10 Å². The van der Waals surface area contributed by atoms with Crippen LogP contribution in [0.2, 0.25) is 0 Å². The van der Waals surface area contributed by atoms with Gasteiger partial charge in [-0.1, -0.05) is 0 Å². The highest BCUT2D eigenvalue weighted by Gasteiger charge is 2.21. The van der Waals surface area contributed by atoms with Crippen LogP contribution < -0.4 is 0 Å². The van der Waals surface area contributed by atoms with Gasteiger partial charge in [-0.25, -0.2) is 0 Å². The number of aliphatic carboxylic acids is 1. The molecule has 96 valence electrons. The predicted octanol–water partition coefficient (Wildman–Crippen LogP) is 1.60. The van der Waals surface area contributed by atoms with Crippen LogP contribution in [0.25, 0.3) is 0 Å². The van der Waals surface area contributed by atoms with Crippen LogP contribution in [0.5, 0.6) is 0 Å². The zero-order chi connectivity index (χ0) is 13.2. The van der Waals surface area contributed by atoms with E-state index in [-0.39, 0.29) is 12.6 Å². The van der Waals surface area contributed by atoms with Gasteiger partial charge in [0.05, 0.1) is 12.2 Å². The largest absolute Gasteiger partial charge is 0.480 e. The molecular formula is C12H21N3O2. The van der Waals surface area contributed by atoms with E-state index in [4.69, 9.17) is 5.11 Å². The number of carbonyl (C=O) groups is 1. The van der Waals surface area contributed by atoms with Crippen molar-refractivity contribution in [2.45, 2.75) is 40.3 Å². The molecule has 1 atom stereocenters. The van der Waals surface area contributed by atoms with Crippen LogP contribution in [0, 0.1) is 13.8 Å². The number of rotatable bonds is 5. The smallest absolute Gasteiger partial charge is 0.317 e. The van der Waals surface area contributed by atoms with Gasteiger partial charge < -0.3 is 5.11 Å². The van der Waals surface area contributed by atoms with Gasteiger partial charge in [0, 0.05) is 23.8 Å².